The van der Waals surface area contributed by atoms with Gasteiger partial charge >= 0.3 is 11.4 Å². The maximum Gasteiger partial charge on any atom is 0.355 e. The number of nitrogens with one attached hydrogen (secondary N) is 1. The van der Waals surface area contributed by atoms with Gasteiger partial charge in [0.15, 0.2) is 0 Å². The number of aromatic nitrogens is 4. The van der Waals surface area contributed by atoms with E-state index in [0.717, 1.165) is 51.4 Å². The Morgan fingerprint density at radius 3 is 2.51 bits per heavy atom. The van der Waals surface area contributed by atoms with Crippen LogP contribution in [0.3, 0.4) is 0 Å². The van der Waals surface area contributed by atoms with E-state index in [1.807, 2.05) is 62.4 Å². The molecule has 9 nitrogen and oxygen atoms in total. The fourth-order valence-electron chi connectivity index (χ4n) is 4.46. The molecule has 1 aliphatic heterocycles. The number of methoxy groups -OCH3 is 1. The first-order chi connectivity index (χ1) is 17.9. The van der Waals surface area contributed by atoms with E-state index in [1.54, 1.807) is 13.3 Å². The van der Waals surface area contributed by atoms with Crippen molar-refractivity contribution in [1.29, 1.82) is 0 Å². The van der Waals surface area contributed by atoms with Gasteiger partial charge in [-0.3, -0.25) is 9.55 Å². The molecule has 0 saturated heterocycles. The smallest absolute Gasteiger partial charge is 0.355 e. The number of aryl methyl sites for hydroxylation is 2. The van der Waals surface area contributed by atoms with Gasteiger partial charge in [-0.15, -0.1) is 0 Å². The summed E-state index contributed by atoms with van der Waals surface area (Å²) in [4.78, 5) is 35.4. The van der Waals surface area contributed by atoms with Gasteiger partial charge in [0.05, 0.1) is 26.8 Å². The van der Waals surface area contributed by atoms with Gasteiger partial charge in [-0.1, -0.05) is 24.3 Å². The van der Waals surface area contributed by atoms with Gasteiger partial charge in [0, 0.05) is 24.9 Å². The number of fused-ring (bicyclic) bond motifs is 1. The number of hydrogen-bond acceptors (Lipinski definition) is 7. The third kappa shape index (κ3) is 5.25. The van der Waals surface area contributed by atoms with Crippen molar-refractivity contribution < 1.29 is 9.47 Å². The number of rotatable bonds is 8. The highest BCUT2D eigenvalue weighted by molar-refractivity contribution is 5.40. The van der Waals surface area contributed by atoms with Gasteiger partial charge in [-0.05, 0) is 65.9 Å². The van der Waals surface area contributed by atoms with Crippen LogP contribution in [0.1, 0.15) is 33.5 Å². The van der Waals surface area contributed by atoms with Crippen molar-refractivity contribution in [3.63, 3.8) is 0 Å². The van der Waals surface area contributed by atoms with Crippen molar-refractivity contribution in [2.75, 3.05) is 19.0 Å². The minimum Gasteiger partial charge on any atom is -0.497 e. The van der Waals surface area contributed by atoms with Gasteiger partial charge in [0.1, 0.15) is 11.5 Å². The lowest BCUT2D eigenvalue weighted by Gasteiger charge is -2.16. The molecule has 37 heavy (non-hydrogen) atoms. The highest BCUT2D eigenvalue weighted by Crippen LogP contribution is 2.26. The van der Waals surface area contributed by atoms with E-state index in [2.05, 4.69) is 15.3 Å². The van der Waals surface area contributed by atoms with Crippen molar-refractivity contribution >= 4 is 5.95 Å². The second-order valence-corrected chi connectivity index (χ2v) is 9.17. The molecule has 5 rings (SSSR count). The Morgan fingerprint density at radius 2 is 1.76 bits per heavy atom. The lowest BCUT2D eigenvalue weighted by atomic mass is 10.1. The summed E-state index contributed by atoms with van der Waals surface area (Å²) in [7, 11) is 1.61. The summed E-state index contributed by atoms with van der Waals surface area (Å²) in [6, 6.07) is 15.2. The van der Waals surface area contributed by atoms with Crippen LogP contribution in [0.4, 0.5) is 5.95 Å². The molecule has 3 heterocycles. The summed E-state index contributed by atoms with van der Waals surface area (Å²) in [5.41, 5.74) is 4.72. The van der Waals surface area contributed by atoms with E-state index in [9.17, 15) is 9.59 Å². The second kappa shape index (κ2) is 10.3. The van der Waals surface area contributed by atoms with E-state index in [-0.39, 0.29) is 19.0 Å². The van der Waals surface area contributed by atoms with Crippen LogP contribution in [0, 0.1) is 13.8 Å². The summed E-state index contributed by atoms with van der Waals surface area (Å²) in [6.45, 7) is 5.33. The quantitative estimate of drug-likeness (QED) is 0.398. The van der Waals surface area contributed by atoms with E-state index in [4.69, 9.17) is 9.47 Å². The summed E-state index contributed by atoms with van der Waals surface area (Å²) in [5.74, 6) is 1.79. The van der Waals surface area contributed by atoms with Crippen LogP contribution in [0.5, 0.6) is 11.5 Å². The Morgan fingerprint density at radius 1 is 1.00 bits per heavy atom. The molecule has 4 aromatic rings. The van der Waals surface area contributed by atoms with Gasteiger partial charge in [-0.25, -0.2) is 14.2 Å². The molecule has 2 aromatic heterocycles. The Kier molecular flexibility index (Phi) is 6.76. The fraction of sp³-hybridized carbons (Fsp3) is 0.286. The number of pyridine rings is 1. The standard InChI is InChI=1S/C28H29N5O4/c1-18-12-19(2)29-14-23(18)15-30-26-31-27(34)33(17-21-6-9-25-22(13-21)10-11-37-25)28(35)32(26)16-20-4-7-24(36-3)8-5-20/h4-9,12-14H,10-11,15-17H2,1-3H3,(H,30,31,34). The topological polar surface area (TPSA) is 100 Å². The minimum atomic E-state index is -0.603. The molecule has 0 bridgehead atoms. The molecule has 0 aliphatic carbocycles. The number of nitrogens with zero attached hydrogens (tertiary/aromatic N) is 4. The molecule has 0 spiro atoms. The van der Waals surface area contributed by atoms with Crippen molar-refractivity contribution in [2.24, 2.45) is 0 Å². The van der Waals surface area contributed by atoms with Gasteiger partial charge in [0.2, 0.25) is 5.95 Å². The molecule has 0 radical (unpaired) electrons. The van der Waals surface area contributed by atoms with Crippen molar-refractivity contribution in [3.05, 3.63) is 109 Å². The fourth-order valence-corrected chi connectivity index (χ4v) is 4.46. The largest absolute Gasteiger partial charge is 0.497 e. The number of hydrogen-bond donors (Lipinski definition) is 1. The maximum atomic E-state index is 13.7. The number of ether oxygens (including phenoxy) is 2. The monoisotopic (exact) mass is 499 g/mol. The van der Waals surface area contributed by atoms with Crippen LogP contribution in [-0.2, 0) is 26.1 Å². The Bertz CT molecular complexity index is 1560. The van der Waals surface area contributed by atoms with E-state index in [1.165, 1.54) is 9.13 Å². The van der Waals surface area contributed by atoms with Crippen LogP contribution in [0.25, 0.3) is 0 Å². The molecule has 0 unspecified atom stereocenters. The van der Waals surface area contributed by atoms with Crippen molar-refractivity contribution in [1.82, 2.24) is 19.1 Å². The molecule has 190 valence electrons. The van der Waals surface area contributed by atoms with Crippen LogP contribution in [-0.4, -0.2) is 32.8 Å². The molecule has 0 fully saturated rings. The summed E-state index contributed by atoms with van der Waals surface area (Å²) < 4.78 is 13.5. The highest BCUT2D eigenvalue weighted by Gasteiger charge is 2.17. The predicted octanol–water partition coefficient (Wildman–Crippen LogP) is 3.07. The minimum absolute atomic E-state index is 0.127. The highest BCUT2D eigenvalue weighted by atomic mass is 16.5. The molecular formula is C28H29N5O4. The first-order valence-corrected chi connectivity index (χ1v) is 12.2. The second-order valence-electron chi connectivity index (χ2n) is 9.17. The lowest BCUT2D eigenvalue weighted by molar-refractivity contribution is 0.357. The third-order valence-electron chi connectivity index (χ3n) is 6.54. The number of benzene rings is 2. The summed E-state index contributed by atoms with van der Waals surface area (Å²) in [5, 5.41) is 3.20. The van der Waals surface area contributed by atoms with Crippen LogP contribution in [0.2, 0.25) is 0 Å². The normalized spacial score (nSPS) is 12.2. The number of anilines is 1. The van der Waals surface area contributed by atoms with Crippen molar-refractivity contribution in [2.45, 2.75) is 39.9 Å². The van der Waals surface area contributed by atoms with Gasteiger partial charge in [0.25, 0.3) is 0 Å². The molecular weight excluding hydrogens is 470 g/mol. The van der Waals surface area contributed by atoms with E-state index < -0.39 is 11.4 Å². The molecule has 2 aromatic carbocycles. The van der Waals surface area contributed by atoms with E-state index in [0.29, 0.717) is 13.2 Å². The molecule has 1 N–H and O–H groups in total. The zero-order chi connectivity index (χ0) is 25.9. The summed E-state index contributed by atoms with van der Waals surface area (Å²) >= 11 is 0. The first kappa shape index (κ1) is 24.3. The average Bonchev–Trinajstić information content (AvgIpc) is 3.36. The Labute approximate surface area is 214 Å². The van der Waals surface area contributed by atoms with Crippen LogP contribution >= 0.6 is 0 Å². The molecule has 1 aliphatic rings. The molecule has 9 heteroatoms. The maximum absolute atomic E-state index is 13.7. The van der Waals surface area contributed by atoms with Gasteiger partial charge < -0.3 is 14.8 Å². The molecule has 0 amide bonds. The average molecular weight is 500 g/mol. The molecule has 0 saturated carbocycles. The Hall–Kier alpha value is -4.40. The first-order valence-electron chi connectivity index (χ1n) is 12.2. The van der Waals surface area contributed by atoms with Crippen molar-refractivity contribution in [3.8, 4) is 11.5 Å². The lowest BCUT2D eigenvalue weighted by Crippen LogP contribution is -2.43. The SMILES string of the molecule is COc1ccc(Cn2c(NCc3cnc(C)cc3C)nc(=O)n(Cc3ccc4c(c3)CCO4)c2=O)cc1. The Balaban J connectivity index is 1.50. The van der Waals surface area contributed by atoms with E-state index >= 15 is 0 Å². The van der Waals surface area contributed by atoms with Crippen LogP contribution < -0.4 is 26.2 Å². The predicted molar refractivity (Wildman–Crippen MR) is 141 cm³/mol. The zero-order valence-electron chi connectivity index (χ0n) is 21.2. The van der Waals surface area contributed by atoms with Gasteiger partial charge in [-0.2, -0.15) is 4.98 Å². The summed E-state index contributed by atoms with van der Waals surface area (Å²) in [6.07, 6.45) is 2.61. The molecule has 0 atom stereocenters. The van der Waals surface area contributed by atoms with Crippen LogP contribution in [0.15, 0.2) is 64.3 Å². The zero-order valence-corrected chi connectivity index (χ0v) is 21.2. The third-order valence-corrected chi connectivity index (χ3v) is 6.54.